The average Bonchev–Trinajstić information content (AvgIpc) is 2.75. The Morgan fingerprint density at radius 2 is 1.60 bits per heavy atom. The summed E-state index contributed by atoms with van der Waals surface area (Å²) in [6.45, 7) is 15.3. The molecule has 4 fully saturated rings. The van der Waals surface area contributed by atoms with Crippen LogP contribution in [0.15, 0.2) is 11.6 Å². The zero-order valence-electron chi connectivity index (χ0n) is 22.9. The van der Waals surface area contributed by atoms with E-state index in [4.69, 9.17) is 0 Å². The smallest absolute Gasteiger partial charge is 0.310 e. The maximum atomic E-state index is 12.8. The van der Waals surface area contributed by atoms with Gasteiger partial charge < -0.3 is 20.4 Å². The van der Waals surface area contributed by atoms with Crippen molar-refractivity contribution in [3.05, 3.63) is 11.6 Å². The minimum atomic E-state index is -1.05. The Bertz CT molecular complexity index is 952. The lowest BCUT2D eigenvalue weighted by Gasteiger charge is -2.72. The number of fused-ring (bicyclic) bond motifs is 7. The van der Waals surface area contributed by atoms with Gasteiger partial charge in [-0.2, -0.15) is 0 Å². The lowest BCUT2D eigenvalue weighted by molar-refractivity contribution is -0.237. The summed E-state index contributed by atoms with van der Waals surface area (Å²) in [6, 6.07) is 0. The molecule has 0 bridgehead atoms. The summed E-state index contributed by atoms with van der Waals surface area (Å²) in [5.41, 5.74) is -1.46. The number of rotatable bonds is 1. The SMILES string of the molecule is C[C@H]1CC[C@]2(C(=O)O)CC[C@]3(C)C(=CC[C@@H]4[C@@]5(C)C[C@@H](O)[C@H](O)C(C)(C)[C@@H]5CC[C@]43C)[C@@H]2[C@@]1(C)O. The molecule has 4 saturated carbocycles. The van der Waals surface area contributed by atoms with Crippen molar-refractivity contribution in [3.8, 4) is 0 Å². The van der Waals surface area contributed by atoms with E-state index in [0.717, 1.165) is 32.1 Å². The van der Waals surface area contributed by atoms with Crippen LogP contribution in [0.2, 0.25) is 0 Å². The fourth-order valence-electron chi connectivity index (χ4n) is 11.0. The zero-order valence-corrected chi connectivity index (χ0v) is 22.9. The fourth-order valence-corrected chi connectivity index (χ4v) is 11.0. The van der Waals surface area contributed by atoms with Gasteiger partial charge in [-0.3, -0.25) is 4.79 Å². The Hall–Kier alpha value is -0.910. The Labute approximate surface area is 211 Å². The van der Waals surface area contributed by atoms with E-state index in [1.165, 1.54) is 5.57 Å². The summed E-state index contributed by atoms with van der Waals surface area (Å²) >= 11 is 0. The third-order valence-corrected chi connectivity index (χ3v) is 13.4. The molecule has 5 heteroatoms. The van der Waals surface area contributed by atoms with Crippen LogP contribution >= 0.6 is 0 Å². The highest BCUT2D eigenvalue weighted by molar-refractivity contribution is 5.77. The molecule has 0 aliphatic heterocycles. The van der Waals surface area contributed by atoms with E-state index >= 15 is 0 Å². The van der Waals surface area contributed by atoms with Gasteiger partial charge in [-0.15, -0.1) is 0 Å². The van der Waals surface area contributed by atoms with E-state index in [2.05, 4.69) is 47.6 Å². The monoisotopic (exact) mass is 488 g/mol. The van der Waals surface area contributed by atoms with E-state index in [9.17, 15) is 25.2 Å². The molecule has 0 amide bonds. The van der Waals surface area contributed by atoms with Crippen molar-refractivity contribution in [1.82, 2.24) is 0 Å². The highest BCUT2D eigenvalue weighted by Crippen LogP contribution is 2.76. The van der Waals surface area contributed by atoms with Crippen molar-refractivity contribution in [2.45, 2.75) is 118 Å². The number of allylic oxidation sites excluding steroid dienone is 1. The van der Waals surface area contributed by atoms with E-state index < -0.39 is 29.2 Å². The van der Waals surface area contributed by atoms with Gasteiger partial charge in [0.25, 0.3) is 0 Å². The molecule has 11 atom stereocenters. The molecule has 0 saturated heterocycles. The van der Waals surface area contributed by atoms with Crippen LogP contribution in [0.5, 0.6) is 0 Å². The van der Waals surface area contributed by atoms with Gasteiger partial charge in [0.2, 0.25) is 0 Å². The van der Waals surface area contributed by atoms with Gasteiger partial charge in [-0.25, -0.2) is 0 Å². The number of aliphatic hydroxyl groups is 3. The Morgan fingerprint density at radius 3 is 2.23 bits per heavy atom. The molecule has 0 aromatic rings. The molecule has 0 aromatic heterocycles. The van der Waals surface area contributed by atoms with E-state index in [-0.39, 0.29) is 33.5 Å². The Balaban J connectivity index is 1.65. The second-order valence-electron chi connectivity index (χ2n) is 14.9. The molecular weight excluding hydrogens is 440 g/mol. The third-order valence-electron chi connectivity index (χ3n) is 13.4. The molecule has 4 N–H and O–H groups in total. The summed E-state index contributed by atoms with van der Waals surface area (Å²) in [7, 11) is 0. The lowest BCUT2D eigenvalue weighted by atomic mass is 9.33. The maximum absolute atomic E-state index is 12.8. The molecule has 0 spiro atoms. The molecule has 5 aliphatic rings. The topological polar surface area (TPSA) is 98.0 Å². The highest BCUT2D eigenvalue weighted by Gasteiger charge is 2.71. The molecule has 5 nitrogen and oxygen atoms in total. The average molecular weight is 489 g/mol. The van der Waals surface area contributed by atoms with Gasteiger partial charge in [0.15, 0.2) is 0 Å². The van der Waals surface area contributed by atoms with Crippen molar-refractivity contribution in [2.24, 2.45) is 50.7 Å². The third kappa shape index (κ3) is 2.90. The lowest BCUT2D eigenvalue weighted by Crippen LogP contribution is -2.68. The molecule has 0 radical (unpaired) electrons. The predicted octanol–water partition coefficient (Wildman–Crippen LogP) is 5.18. The first-order valence-electron chi connectivity index (χ1n) is 14.0. The first-order valence-corrected chi connectivity index (χ1v) is 14.0. The van der Waals surface area contributed by atoms with Crippen molar-refractivity contribution in [2.75, 3.05) is 0 Å². The molecule has 198 valence electrons. The molecule has 0 heterocycles. The summed E-state index contributed by atoms with van der Waals surface area (Å²) in [5, 5.41) is 44.3. The largest absolute Gasteiger partial charge is 0.481 e. The van der Waals surface area contributed by atoms with Gasteiger partial charge in [-0.1, -0.05) is 53.2 Å². The van der Waals surface area contributed by atoms with Gasteiger partial charge in [0.05, 0.1) is 23.2 Å². The van der Waals surface area contributed by atoms with Crippen molar-refractivity contribution in [3.63, 3.8) is 0 Å². The van der Waals surface area contributed by atoms with Crippen molar-refractivity contribution >= 4 is 5.97 Å². The van der Waals surface area contributed by atoms with Crippen LogP contribution in [-0.4, -0.2) is 44.2 Å². The van der Waals surface area contributed by atoms with E-state index in [1.54, 1.807) is 0 Å². The molecular formula is C30H48O5. The Morgan fingerprint density at radius 1 is 0.943 bits per heavy atom. The van der Waals surface area contributed by atoms with Crippen molar-refractivity contribution < 1.29 is 25.2 Å². The van der Waals surface area contributed by atoms with Gasteiger partial charge in [0.1, 0.15) is 0 Å². The van der Waals surface area contributed by atoms with Crippen LogP contribution < -0.4 is 0 Å². The minimum Gasteiger partial charge on any atom is -0.481 e. The van der Waals surface area contributed by atoms with Crippen LogP contribution in [0.25, 0.3) is 0 Å². The molecule has 0 aromatic carbocycles. The fraction of sp³-hybridized carbons (Fsp3) is 0.900. The summed E-state index contributed by atoms with van der Waals surface area (Å²) in [5.74, 6) is -0.394. The normalized spacial score (nSPS) is 57.1. The second kappa shape index (κ2) is 7.35. The number of hydrogen-bond acceptors (Lipinski definition) is 4. The number of hydrogen-bond donors (Lipinski definition) is 4. The molecule has 35 heavy (non-hydrogen) atoms. The Kier molecular flexibility index (Phi) is 5.40. The van der Waals surface area contributed by atoms with E-state index in [0.29, 0.717) is 31.1 Å². The first-order chi connectivity index (χ1) is 16.0. The number of carboxylic acid groups (broad SMARTS) is 1. The quantitative estimate of drug-likeness (QED) is 0.382. The molecule has 5 rings (SSSR count). The van der Waals surface area contributed by atoms with Crippen LogP contribution in [0.3, 0.4) is 0 Å². The van der Waals surface area contributed by atoms with Crippen LogP contribution in [-0.2, 0) is 4.79 Å². The summed E-state index contributed by atoms with van der Waals surface area (Å²) in [4.78, 5) is 12.8. The zero-order chi connectivity index (χ0) is 26.0. The maximum Gasteiger partial charge on any atom is 0.310 e. The number of carbonyl (C=O) groups is 1. The van der Waals surface area contributed by atoms with Gasteiger partial charge in [0, 0.05) is 5.92 Å². The van der Waals surface area contributed by atoms with Crippen molar-refractivity contribution in [1.29, 1.82) is 0 Å². The number of carboxylic acids is 1. The van der Waals surface area contributed by atoms with Gasteiger partial charge in [-0.05, 0) is 97.7 Å². The minimum absolute atomic E-state index is 0.0535. The van der Waals surface area contributed by atoms with Gasteiger partial charge >= 0.3 is 5.97 Å². The molecule has 0 unspecified atom stereocenters. The van der Waals surface area contributed by atoms with Crippen LogP contribution in [0.1, 0.15) is 99.8 Å². The summed E-state index contributed by atoms with van der Waals surface area (Å²) in [6.07, 6.45) is 7.21. The number of aliphatic hydroxyl groups excluding tert-OH is 2. The predicted molar refractivity (Wildman–Crippen MR) is 135 cm³/mol. The van der Waals surface area contributed by atoms with E-state index in [1.807, 2.05) is 6.92 Å². The second-order valence-corrected chi connectivity index (χ2v) is 14.9. The standard InChI is InChI=1S/C30H48O5/c1-17-10-13-30(24(33)34)15-14-27(5)18(22(30)29(17,7)35)8-9-21-26(4)16-19(31)23(32)25(2,3)20(26)11-12-28(21,27)6/h8,17,19-23,31-32,35H,9-16H2,1-7H3,(H,33,34)/t17-,19+,20-,21+,22+,23-,26-,27+,28+,29-,30-/m0/s1. The van der Waals surface area contributed by atoms with Crippen LogP contribution in [0.4, 0.5) is 0 Å². The summed E-state index contributed by atoms with van der Waals surface area (Å²) < 4.78 is 0. The first kappa shape index (κ1) is 25.7. The van der Waals surface area contributed by atoms with Crippen LogP contribution in [0, 0.1) is 50.7 Å². The highest BCUT2D eigenvalue weighted by atomic mass is 16.4. The number of aliphatic carboxylic acids is 1. The molecule has 5 aliphatic carbocycles.